The number of nitrogens with two attached hydrogens (primary N) is 1. The molecule has 0 bridgehead atoms. The maximum Gasteiger partial charge on any atom is 0.0773 e. The number of hydrazine groups is 1. The fourth-order valence-electron chi connectivity index (χ4n) is 2.21. The molecule has 3 N–H and O–H groups in total. The molecule has 0 aliphatic carbocycles. The van der Waals surface area contributed by atoms with E-state index in [1.54, 1.807) is 12.4 Å². The number of aryl methyl sites for hydroxylation is 1. The molecule has 1 aromatic carbocycles. The van der Waals surface area contributed by atoms with Crippen LogP contribution in [0.2, 0.25) is 0 Å². The smallest absolute Gasteiger partial charge is 0.0773 e. The lowest BCUT2D eigenvalue weighted by Gasteiger charge is -2.20. The monoisotopic (exact) mass is 284 g/mol. The van der Waals surface area contributed by atoms with Crippen molar-refractivity contribution in [1.82, 2.24) is 15.4 Å². The second-order valence-electron chi connectivity index (χ2n) is 6.45. The second-order valence-corrected chi connectivity index (χ2v) is 6.45. The Morgan fingerprint density at radius 3 is 2.24 bits per heavy atom. The van der Waals surface area contributed by atoms with Crippen LogP contribution >= 0.6 is 0 Å². The van der Waals surface area contributed by atoms with Crippen molar-refractivity contribution < 1.29 is 0 Å². The van der Waals surface area contributed by atoms with Gasteiger partial charge >= 0.3 is 0 Å². The zero-order chi connectivity index (χ0) is 15.5. The van der Waals surface area contributed by atoms with Crippen molar-refractivity contribution in [2.45, 2.75) is 45.6 Å². The summed E-state index contributed by atoms with van der Waals surface area (Å²) in [5.41, 5.74) is 7.33. The highest BCUT2D eigenvalue weighted by Gasteiger charge is 2.15. The maximum absolute atomic E-state index is 5.67. The topological polar surface area (TPSA) is 63.8 Å². The first-order chi connectivity index (χ1) is 9.90. The molecule has 4 heteroatoms. The van der Waals surface area contributed by atoms with Crippen molar-refractivity contribution in [2.75, 3.05) is 0 Å². The van der Waals surface area contributed by atoms with Crippen LogP contribution in [0.15, 0.2) is 36.7 Å². The molecule has 0 saturated carbocycles. The molecule has 1 unspecified atom stereocenters. The molecule has 0 amide bonds. The summed E-state index contributed by atoms with van der Waals surface area (Å²) in [6, 6.07) is 8.66. The number of aromatic nitrogens is 2. The lowest BCUT2D eigenvalue weighted by Crippen LogP contribution is -2.30. The number of nitrogens with zero attached hydrogens (tertiary/aromatic N) is 2. The zero-order valence-electron chi connectivity index (χ0n) is 13.2. The first-order valence-electron chi connectivity index (χ1n) is 7.24. The predicted molar refractivity (Wildman–Crippen MR) is 85.7 cm³/mol. The average Bonchev–Trinajstić information content (AvgIpc) is 2.45. The van der Waals surface area contributed by atoms with E-state index >= 15 is 0 Å². The van der Waals surface area contributed by atoms with Gasteiger partial charge in [0.05, 0.1) is 23.6 Å². The van der Waals surface area contributed by atoms with Gasteiger partial charge in [-0.25, -0.2) is 0 Å². The molecule has 112 valence electrons. The van der Waals surface area contributed by atoms with E-state index in [-0.39, 0.29) is 11.5 Å². The summed E-state index contributed by atoms with van der Waals surface area (Å²) < 4.78 is 0. The maximum atomic E-state index is 5.67. The van der Waals surface area contributed by atoms with Gasteiger partial charge in [0.1, 0.15) is 0 Å². The molecule has 0 aliphatic heterocycles. The number of nitrogens with one attached hydrogen (secondary N) is 1. The molecule has 21 heavy (non-hydrogen) atoms. The van der Waals surface area contributed by atoms with E-state index in [9.17, 15) is 0 Å². The third-order valence-electron chi connectivity index (χ3n) is 3.62. The van der Waals surface area contributed by atoms with Crippen LogP contribution in [0.5, 0.6) is 0 Å². The summed E-state index contributed by atoms with van der Waals surface area (Å²) in [5.74, 6) is 5.67. The molecule has 1 atom stereocenters. The van der Waals surface area contributed by atoms with Gasteiger partial charge in [-0.05, 0) is 29.9 Å². The molecule has 0 aliphatic rings. The van der Waals surface area contributed by atoms with Crippen LogP contribution in [-0.4, -0.2) is 9.97 Å². The Labute approximate surface area is 126 Å². The van der Waals surface area contributed by atoms with Crippen LogP contribution in [-0.2, 0) is 11.8 Å². The molecular formula is C17H24N4. The number of hydrogen-bond donors (Lipinski definition) is 2. The molecule has 0 radical (unpaired) electrons. The van der Waals surface area contributed by atoms with E-state index in [1.165, 1.54) is 11.1 Å². The van der Waals surface area contributed by atoms with Crippen molar-refractivity contribution in [1.29, 1.82) is 0 Å². The Morgan fingerprint density at radius 2 is 1.76 bits per heavy atom. The Kier molecular flexibility index (Phi) is 4.70. The molecular weight excluding hydrogens is 260 g/mol. The van der Waals surface area contributed by atoms with Crippen molar-refractivity contribution in [3.63, 3.8) is 0 Å². The molecule has 0 fully saturated rings. The number of benzene rings is 1. The van der Waals surface area contributed by atoms with Crippen molar-refractivity contribution in [3.8, 4) is 0 Å². The standard InChI is InChI=1S/C17H24N4/c1-12-10-20-16(11-19-12)15(21-18)9-13-5-7-14(8-6-13)17(2,3)4/h5-8,10-11,15,21H,9,18H2,1-4H3. The van der Waals surface area contributed by atoms with Crippen molar-refractivity contribution in [2.24, 2.45) is 5.84 Å². The third kappa shape index (κ3) is 4.09. The van der Waals surface area contributed by atoms with Gasteiger partial charge in [-0.1, -0.05) is 45.0 Å². The fourth-order valence-corrected chi connectivity index (χ4v) is 2.21. The Bertz CT molecular complexity index is 567. The molecule has 1 heterocycles. The van der Waals surface area contributed by atoms with Gasteiger partial charge in [-0.15, -0.1) is 0 Å². The number of hydrogen-bond acceptors (Lipinski definition) is 4. The van der Waals surface area contributed by atoms with Gasteiger partial charge in [0, 0.05) is 6.20 Å². The predicted octanol–water partition coefficient (Wildman–Crippen LogP) is 2.83. The summed E-state index contributed by atoms with van der Waals surface area (Å²) in [6.45, 7) is 8.57. The van der Waals surface area contributed by atoms with Crippen molar-refractivity contribution in [3.05, 3.63) is 59.2 Å². The minimum absolute atomic E-state index is 0.0291. The van der Waals surface area contributed by atoms with E-state index in [2.05, 4.69) is 60.4 Å². The quantitative estimate of drug-likeness (QED) is 0.669. The Balaban J connectivity index is 2.13. The van der Waals surface area contributed by atoms with Gasteiger partial charge in [-0.3, -0.25) is 21.2 Å². The minimum Gasteiger partial charge on any atom is -0.271 e. The van der Waals surface area contributed by atoms with Crippen LogP contribution < -0.4 is 11.3 Å². The summed E-state index contributed by atoms with van der Waals surface area (Å²) in [5, 5.41) is 0. The molecule has 1 aromatic heterocycles. The van der Waals surface area contributed by atoms with Gasteiger partial charge < -0.3 is 0 Å². The lowest BCUT2D eigenvalue weighted by atomic mass is 9.86. The summed E-state index contributed by atoms with van der Waals surface area (Å²) in [6.07, 6.45) is 4.34. The summed E-state index contributed by atoms with van der Waals surface area (Å²) >= 11 is 0. The average molecular weight is 284 g/mol. The van der Waals surface area contributed by atoms with Gasteiger partial charge in [-0.2, -0.15) is 0 Å². The van der Waals surface area contributed by atoms with Gasteiger partial charge in [0.15, 0.2) is 0 Å². The van der Waals surface area contributed by atoms with E-state index in [0.717, 1.165) is 17.8 Å². The third-order valence-corrected chi connectivity index (χ3v) is 3.62. The minimum atomic E-state index is -0.0291. The Hall–Kier alpha value is -1.78. The first-order valence-corrected chi connectivity index (χ1v) is 7.24. The van der Waals surface area contributed by atoms with E-state index in [4.69, 9.17) is 5.84 Å². The van der Waals surface area contributed by atoms with Gasteiger partial charge in [0.2, 0.25) is 0 Å². The molecule has 0 saturated heterocycles. The highest BCUT2D eigenvalue weighted by atomic mass is 15.2. The summed E-state index contributed by atoms with van der Waals surface area (Å²) in [7, 11) is 0. The highest BCUT2D eigenvalue weighted by molar-refractivity contribution is 5.28. The normalized spacial score (nSPS) is 13.2. The first kappa shape index (κ1) is 15.6. The van der Waals surface area contributed by atoms with E-state index in [0.29, 0.717) is 0 Å². The lowest BCUT2D eigenvalue weighted by molar-refractivity contribution is 0.535. The molecule has 2 aromatic rings. The largest absolute Gasteiger partial charge is 0.271 e. The van der Waals surface area contributed by atoms with Crippen molar-refractivity contribution >= 4 is 0 Å². The van der Waals surface area contributed by atoms with Crippen LogP contribution in [0.4, 0.5) is 0 Å². The fraction of sp³-hybridized carbons (Fsp3) is 0.412. The Morgan fingerprint density at radius 1 is 1.10 bits per heavy atom. The number of rotatable bonds is 4. The van der Waals surface area contributed by atoms with Crippen LogP contribution in [0.25, 0.3) is 0 Å². The van der Waals surface area contributed by atoms with Crippen LogP contribution in [0.1, 0.15) is 49.3 Å². The molecule has 4 nitrogen and oxygen atoms in total. The van der Waals surface area contributed by atoms with Gasteiger partial charge in [0.25, 0.3) is 0 Å². The van der Waals surface area contributed by atoms with Crippen LogP contribution in [0.3, 0.4) is 0 Å². The SMILES string of the molecule is Cc1cnc(C(Cc2ccc(C(C)(C)C)cc2)NN)cn1. The summed E-state index contributed by atoms with van der Waals surface area (Å²) in [4.78, 5) is 8.68. The van der Waals surface area contributed by atoms with Crippen LogP contribution in [0, 0.1) is 6.92 Å². The zero-order valence-corrected chi connectivity index (χ0v) is 13.2. The van der Waals surface area contributed by atoms with E-state index in [1.807, 2.05) is 6.92 Å². The molecule has 0 spiro atoms. The van der Waals surface area contributed by atoms with E-state index < -0.39 is 0 Å². The second kappa shape index (κ2) is 6.33. The highest BCUT2D eigenvalue weighted by Crippen LogP contribution is 2.23. The molecule has 2 rings (SSSR count).